The van der Waals surface area contributed by atoms with Crippen LogP contribution in [0.25, 0.3) is 0 Å². The molecule has 14 heavy (non-hydrogen) atoms. The van der Waals surface area contributed by atoms with Gasteiger partial charge in [-0.15, -0.1) is 0 Å². The van der Waals surface area contributed by atoms with E-state index in [4.69, 9.17) is 5.11 Å². The minimum Gasteiger partial charge on any atom is -0.392 e. The highest BCUT2D eigenvalue weighted by molar-refractivity contribution is 9.10. The van der Waals surface area contributed by atoms with E-state index in [-0.39, 0.29) is 12.4 Å². The monoisotopic (exact) mass is 320 g/mol. The van der Waals surface area contributed by atoms with Crippen LogP contribution in [0.1, 0.15) is 11.1 Å². The predicted molar refractivity (Wildman–Crippen MR) is 62.6 cm³/mol. The largest absolute Gasteiger partial charge is 0.392 e. The summed E-state index contributed by atoms with van der Waals surface area (Å²) in [7, 11) is 0. The highest BCUT2D eigenvalue weighted by atomic mass is 79.9. The molecule has 0 saturated carbocycles. The van der Waals surface area contributed by atoms with E-state index < -0.39 is 0 Å². The lowest BCUT2D eigenvalue weighted by Gasteiger charge is -2.04. The van der Waals surface area contributed by atoms with E-state index in [2.05, 4.69) is 31.9 Å². The third kappa shape index (κ3) is 3.19. The quantitative estimate of drug-likeness (QED) is 0.865. The number of aliphatic hydroxyl groups is 1. The summed E-state index contributed by atoms with van der Waals surface area (Å²) in [5.74, 6) is 0.126. The average molecular weight is 322 g/mol. The molecule has 0 radical (unpaired) electrons. The summed E-state index contributed by atoms with van der Waals surface area (Å²) in [6, 6.07) is 5.51. The number of carbonyl (C=O) groups is 1. The Morgan fingerprint density at radius 1 is 1.43 bits per heavy atom. The maximum atomic E-state index is 11.2. The Morgan fingerprint density at radius 3 is 2.71 bits per heavy atom. The number of hydrogen-bond donors (Lipinski definition) is 1. The van der Waals surface area contributed by atoms with Gasteiger partial charge in [-0.05, 0) is 17.2 Å². The fourth-order valence-corrected chi connectivity index (χ4v) is 1.71. The molecular formula is C10H10Br2O2. The first-order chi connectivity index (χ1) is 6.67. The van der Waals surface area contributed by atoms with Crippen molar-refractivity contribution in [3.05, 3.63) is 33.8 Å². The topological polar surface area (TPSA) is 37.3 Å². The van der Waals surface area contributed by atoms with Crippen molar-refractivity contribution >= 4 is 37.6 Å². The predicted octanol–water partition coefficient (Wildman–Crippen LogP) is 2.45. The number of halogens is 2. The van der Waals surface area contributed by atoms with Gasteiger partial charge >= 0.3 is 0 Å². The highest BCUT2D eigenvalue weighted by Gasteiger charge is 2.06. The van der Waals surface area contributed by atoms with Crippen molar-refractivity contribution < 1.29 is 9.90 Å². The third-order valence-electron chi connectivity index (χ3n) is 1.83. The van der Waals surface area contributed by atoms with Gasteiger partial charge in [0.25, 0.3) is 0 Å². The number of carbonyl (C=O) groups excluding carboxylic acids is 1. The molecular weight excluding hydrogens is 312 g/mol. The van der Waals surface area contributed by atoms with Crippen LogP contribution in [0.5, 0.6) is 0 Å². The maximum absolute atomic E-state index is 11.2. The molecule has 0 aliphatic rings. The first-order valence-electron chi connectivity index (χ1n) is 4.13. The second-order valence-electron chi connectivity index (χ2n) is 2.93. The minimum absolute atomic E-state index is 0.00276. The molecule has 0 amide bonds. The van der Waals surface area contributed by atoms with Crippen molar-refractivity contribution in [2.45, 2.75) is 13.0 Å². The van der Waals surface area contributed by atoms with Crippen LogP contribution < -0.4 is 0 Å². The fraction of sp³-hybridized carbons (Fsp3) is 0.300. The minimum atomic E-state index is 0.00276. The van der Waals surface area contributed by atoms with Gasteiger partial charge in [-0.2, -0.15) is 0 Å². The van der Waals surface area contributed by atoms with E-state index >= 15 is 0 Å². The van der Waals surface area contributed by atoms with Crippen molar-refractivity contribution in [1.82, 2.24) is 0 Å². The number of benzene rings is 1. The maximum Gasteiger partial charge on any atom is 0.147 e. The van der Waals surface area contributed by atoms with Gasteiger partial charge in [0.05, 0.1) is 11.9 Å². The number of rotatable bonds is 4. The van der Waals surface area contributed by atoms with Crippen molar-refractivity contribution in [1.29, 1.82) is 0 Å². The summed E-state index contributed by atoms with van der Waals surface area (Å²) in [6.45, 7) is 0.00276. The molecule has 1 aromatic rings. The molecule has 0 aromatic heterocycles. The molecule has 0 aliphatic heterocycles. The first kappa shape index (κ1) is 11.9. The number of ketones is 1. The molecule has 0 spiro atoms. The summed E-state index contributed by atoms with van der Waals surface area (Å²) < 4.78 is 0.906. The average Bonchev–Trinajstić information content (AvgIpc) is 2.21. The van der Waals surface area contributed by atoms with E-state index in [1.54, 1.807) is 0 Å². The summed E-state index contributed by atoms with van der Waals surface area (Å²) in [4.78, 5) is 11.2. The lowest BCUT2D eigenvalue weighted by molar-refractivity contribution is -0.115. The van der Waals surface area contributed by atoms with Gasteiger partial charge in [0.2, 0.25) is 0 Å². The molecule has 0 unspecified atom stereocenters. The molecule has 76 valence electrons. The van der Waals surface area contributed by atoms with Gasteiger partial charge in [0, 0.05) is 10.9 Å². The van der Waals surface area contributed by atoms with Crippen molar-refractivity contribution in [3.8, 4) is 0 Å². The molecule has 4 heteroatoms. The number of Topliss-reactive ketones (excluding diaryl/α,β-unsaturated/α-hetero) is 1. The molecule has 2 nitrogen and oxygen atoms in total. The van der Waals surface area contributed by atoms with E-state index in [0.717, 1.165) is 15.6 Å². The van der Waals surface area contributed by atoms with Crippen LogP contribution in [0.15, 0.2) is 22.7 Å². The second-order valence-corrected chi connectivity index (χ2v) is 4.35. The molecule has 0 aliphatic carbocycles. The van der Waals surface area contributed by atoms with Crippen LogP contribution in [-0.2, 0) is 17.8 Å². The Bertz CT molecular complexity index is 337. The summed E-state index contributed by atoms with van der Waals surface area (Å²) in [5.41, 5.74) is 1.74. The van der Waals surface area contributed by atoms with Crippen LogP contribution in [0.2, 0.25) is 0 Å². The molecule has 1 rings (SSSR count). The summed E-state index contributed by atoms with van der Waals surface area (Å²) in [5, 5.41) is 9.30. The highest BCUT2D eigenvalue weighted by Crippen LogP contribution is 2.19. The lowest BCUT2D eigenvalue weighted by Crippen LogP contribution is -2.04. The van der Waals surface area contributed by atoms with Gasteiger partial charge < -0.3 is 5.11 Å². The Balaban J connectivity index is 2.89. The zero-order valence-electron chi connectivity index (χ0n) is 7.46. The van der Waals surface area contributed by atoms with Crippen LogP contribution in [0, 0.1) is 0 Å². The van der Waals surface area contributed by atoms with Gasteiger partial charge in [-0.1, -0.05) is 44.0 Å². The molecule has 0 fully saturated rings. The Morgan fingerprint density at radius 2 is 2.14 bits per heavy atom. The van der Waals surface area contributed by atoms with Crippen molar-refractivity contribution in [3.63, 3.8) is 0 Å². The molecule has 0 atom stereocenters. The summed E-state index contributed by atoms with van der Waals surface area (Å²) in [6.07, 6.45) is 0.389. The van der Waals surface area contributed by atoms with Crippen molar-refractivity contribution in [2.24, 2.45) is 0 Å². The summed E-state index contributed by atoms with van der Waals surface area (Å²) >= 11 is 6.49. The van der Waals surface area contributed by atoms with Gasteiger partial charge in [0.15, 0.2) is 0 Å². The molecule has 1 aromatic carbocycles. The van der Waals surface area contributed by atoms with E-state index in [1.165, 1.54) is 0 Å². The SMILES string of the molecule is O=C(CBr)Cc1cc(CO)ccc1Br. The third-order valence-corrected chi connectivity index (χ3v) is 3.23. The Labute approximate surface area is 99.6 Å². The van der Waals surface area contributed by atoms with Crippen LogP contribution in [0.4, 0.5) is 0 Å². The van der Waals surface area contributed by atoms with Crippen LogP contribution in [-0.4, -0.2) is 16.2 Å². The van der Waals surface area contributed by atoms with Crippen molar-refractivity contribution in [2.75, 3.05) is 5.33 Å². The van der Waals surface area contributed by atoms with E-state index in [9.17, 15) is 4.79 Å². The van der Waals surface area contributed by atoms with Crippen LogP contribution in [0.3, 0.4) is 0 Å². The van der Waals surface area contributed by atoms with E-state index in [1.807, 2.05) is 18.2 Å². The van der Waals surface area contributed by atoms with Crippen LogP contribution >= 0.6 is 31.9 Å². The van der Waals surface area contributed by atoms with Gasteiger partial charge in [0.1, 0.15) is 5.78 Å². The smallest absolute Gasteiger partial charge is 0.147 e. The Kier molecular flexibility index (Phi) is 4.78. The molecule has 1 N–H and O–H groups in total. The fourth-order valence-electron chi connectivity index (χ4n) is 1.12. The molecule has 0 bridgehead atoms. The zero-order chi connectivity index (χ0) is 10.6. The lowest BCUT2D eigenvalue weighted by atomic mass is 10.1. The number of hydrogen-bond acceptors (Lipinski definition) is 2. The van der Waals surface area contributed by atoms with Gasteiger partial charge in [-0.25, -0.2) is 0 Å². The molecule has 0 saturated heterocycles. The first-order valence-corrected chi connectivity index (χ1v) is 6.04. The van der Waals surface area contributed by atoms with E-state index in [0.29, 0.717) is 11.8 Å². The number of alkyl halides is 1. The van der Waals surface area contributed by atoms with Gasteiger partial charge in [-0.3, -0.25) is 4.79 Å². The molecule has 0 heterocycles. The number of aliphatic hydroxyl groups excluding tert-OH is 1. The standard InChI is InChI=1S/C10H10Br2O2/c11-5-9(14)4-8-3-7(6-13)1-2-10(8)12/h1-3,13H,4-6H2. The zero-order valence-corrected chi connectivity index (χ0v) is 10.6. The normalized spacial score (nSPS) is 10.2. The second kappa shape index (κ2) is 5.63. The Hall–Kier alpha value is -0.190.